The summed E-state index contributed by atoms with van der Waals surface area (Å²) in [5, 5.41) is 2.50. The molecule has 0 fully saturated rings. The van der Waals surface area contributed by atoms with Crippen molar-refractivity contribution in [1.29, 1.82) is 0 Å². The second-order valence-corrected chi connectivity index (χ2v) is 6.29. The monoisotopic (exact) mass is 299 g/mol. The maximum Gasteiger partial charge on any atom is 0.328 e. The van der Waals surface area contributed by atoms with E-state index in [0.29, 0.717) is 6.54 Å². The van der Waals surface area contributed by atoms with Crippen LogP contribution in [0.1, 0.15) is 19.8 Å². The normalized spacial score (nSPS) is 10.9. The number of nitrogens with zero attached hydrogens (tertiary/aromatic N) is 1. The molecule has 0 aliphatic rings. The van der Waals surface area contributed by atoms with Crippen molar-refractivity contribution in [3.05, 3.63) is 24.3 Å². The molecular formula is C13H21N3O3S. The molecule has 0 saturated heterocycles. The summed E-state index contributed by atoms with van der Waals surface area (Å²) >= 11 is 0. The van der Waals surface area contributed by atoms with Gasteiger partial charge in [0.2, 0.25) is 0 Å². The van der Waals surface area contributed by atoms with Gasteiger partial charge in [0.1, 0.15) is 0 Å². The van der Waals surface area contributed by atoms with Crippen molar-refractivity contribution in [2.75, 3.05) is 25.5 Å². The first-order chi connectivity index (χ1) is 9.36. The third kappa shape index (κ3) is 4.73. The van der Waals surface area contributed by atoms with E-state index in [9.17, 15) is 13.2 Å². The molecule has 2 amide bonds. The molecule has 0 aliphatic carbocycles. The van der Waals surface area contributed by atoms with Gasteiger partial charge in [-0.15, -0.1) is 0 Å². The fraction of sp³-hybridized carbons (Fsp3) is 0.462. The van der Waals surface area contributed by atoms with E-state index in [4.69, 9.17) is 0 Å². The number of carbonyl (C=O) groups excluding carboxylic acids is 1. The smallest absolute Gasteiger partial charge is 0.328 e. The average molecular weight is 299 g/mol. The van der Waals surface area contributed by atoms with Crippen molar-refractivity contribution in [2.45, 2.75) is 24.7 Å². The second kappa shape index (κ2) is 7.14. The maximum absolute atomic E-state index is 12.0. The van der Waals surface area contributed by atoms with Crippen LogP contribution < -0.4 is 14.9 Å². The minimum atomic E-state index is -3.82. The molecule has 0 unspecified atom stereocenters. The Bertz CT molecular complexity index is 538. The molecule has 112 valence electrons. The number of rotatable bonds is 6. The number of amides is 2. The Hall–Kier alpha value is -1.76. The molecule has 1 aromatic carbocycles. The number of carbonyl (C=O) groups is 1. The number of benzene rings is 1. The lowest BCUT2D eigenvalue weighted by molar-refractivity contribution is 0.245. The van der Waals surface area contributed by atoms with Crippen LogP contribution in [0.4, 0.5) is 10.5 Å². The average Bonchev–Trinajstić information content (AvgIpc) is 2.38. The predicted molar refractivity (Wildman–Crippen MR) is 79.4 cm³/mol. The molecule has 7 heteroatoms. The fourth-order valence-electron chi connectivity index (χ4n) is 1.52. The van der Waals surface area contributed by atoms with Gasteiger partial charge < -0.3 is 10.2 Å². The SMILES string of the molecule is CCCCNC(=O)NS(=O)(=O)c1ccc(N(C)C)cc1. The van der Waals surface area contributed by atoms with E-state index in [-0.39, 0.29) is 4.90 Å². The van der Waals surface area contributed by atoms with E-state index in [1.54, 1.807) is 12.1 Å². The Morgan fingerprint density at radius 2 is 1.80 bits per heavy atom. The van der Waals surface area contributed by atoms with Gasteiger partial charge in [-0.05, 0) is 30.7 Å². The van der Waals surface area contributed by atoms with Gasteiger partial charge in [-0.1, -0.05) is 13.3 Å². The highest BCUT2D eigenvalue weighted by Crippen LogP contribution is 2.15. The van der Waals surface area contributed by atoms with Crippen LogP contribution in [0.25, 0.3) is 0 Å². The third-order valence-electron chi connectivity index (χ3n) is 2.71. The van der Waals surface area contributed by atoms with Gasteiger partial charge in [0.05, 0.1) is 4.90 Å². The second-order valence-electron chi connectivity index (χ2n) is 4.60. The molecule has 0 saturated carbocycles. The molecule has 20 heavy (non-hydrogen) atoms. The van der Waals surface area contributed by atoms with Gasteiger partial charge in [-0.3, -0.25) is 0 Å². The van der Waals surface area contributed by atoms with E-state index >= 15 is 0 Å². The number of urea groups is 1. The Morgan fingerprint density at radius 1 is 1.20 bits per heavy atom. The number of hydrogen-bond donors (Lipinski definition) is 2. The highest BCUT2D eigenvalue weighted by atomic mass is 32.2. The standard InChI is InChI=1S/C13H21N3O3S/c1-4-5-10-14-13(17)15-20(18,19)12-8-6-11(7-9-12)16(2)3/h6-9H,4-5,10H2,1-3H3,(H2,14,15,17). The topological polar surface area (TPSA) is 78.5 Å². The molecule has 0 radical (unpaired) electrons. The highest BCUT2D eigenvalue weighted by Gasteiger charge is 2.17. The summed E-state index contributed by atoms with van der Waals surface area (Å²) in [5.74, 6) is 0. The third-order valence-corrected chi connectivity index (χ3v) is 4.05. The summed E-state index contributed by atoms with van der Waals surface area (Å²) in [4.78, 5) is 13.4. The van der Waals surface area contributed by atoms with Crippen LogP contribution in [0, 0.1) is 0 Å². The van der Waals surface area contributed by atoms with Crippen LogP contribution in [0.5, 0.6) is 0 Å². The van der Waals surface area contributed by atoms with Gasteiger partial charge in [0.15, 0.2) is 0 Å². The van der Waals surface area contributed by atoms with E-state index < -0.39 is 16.1 Å². The molecule has 6 nitrogen and oxygen atoms in total. The molecule has 0 aromatic heterocycles. The lowest BCUT2D eigenvalue weighted by Crippen LogP contribution is -2.39. The van der Waals surface area contributed by atoms with Crippen LogP contribution >= 0.6 is 0 Å². The van der Waals surface area contributed by atoms with Crippen LogP contribution in [0.2, 0.25) is 0 Å². The molecule has 2 N–H and O–H groups in total. The van der Waals surface area contributed by atoms with E-state index in [0.717, 1.165) is 18.5 Å². The quantitative estimate of drug-likeness (QED) is 0.781. The first-order valence-corrected chi connectivity index (χ1v) is 7.93. The van der Waals surface area contributed by atoms with Crippen molar-refractivity contribution in [1.82, 2.24) is 10.0 Å². The summed E-state index contributed by atoms with van der Waals surface area (Å²) in [6.45, 7) is 2.44. The van der Waals surface area contributed by atoms with Crippen molar-refractivity contribution in [2.24, 2.45) is 0 Å². The molecular weight excluding hydrogens is 278 g/mol. The highest BCUT2D eigenvalue weighted by molar-refractivity contribution is 7.90. The fourth-order valence-corrected chi connectivity index (χ4v) is 2.45. The van der Waals surface area contributed by atoms with E-state index in [1.165, 1.54) is 12.1 Å². The van der Waals surface area contributed by atoms with Gasteiger partial charge >= 0.3 is 6.03 Å². The Labute approximate surface area is 120 Å². The van der Waals surface area contributed by atoms with Crippen molar-refractivity contribution in [3.63, 3.8) is 0 Å². The van der Waals surface area contributed by atoms with Crippen LogP contribution in [-0.4, -0.2) is 35.1 Å². The number of sulfonamides is 1. The minimum Gasteiger partial charge on any atom is -0.378 e. The number of hydrogen-bond acceptors (Lipinski definition) is 4. The molecule has 1 aromatic rings. The van der Waals surface area contributed by atoms with Gasteiger partial charge in [-0.2, -0.15) is 0 Å². The van der Waals surface area contributed by atoms with Gasteiger partial charge in [0.25, 0.3) is 10.0 Å². The van der Waals surface area contributed by atoms with Gasteiger partial charge in [-0.25, -0.2) is 17.9 Å². The molecule has 0 atom stereocenters. The molecule has 0 heterocycles. The summed E-state index contributed by atoms with van der Waals surface area (Å²) < 4.78 is 25.9. The minimum absolute atomic E-state index is 0.0636. The first-order valence-electron chi connectivity index (χ1n) is 6.45. The molecule has 1 rings (SSSR count). The molecule has 0 aliphatic heterocycles. The van der Waals surface area contributed by atoms with Gasteiger partial charge in [0, 0.05) is 26.3 Å². The Kier molecular flexibility index (Phi) is 5.82. The number of anilines is 1. The Morgan fingerprint density at radius 3 is 2.30 bits per heavy atom. The zero-order valence-electron chi connectivity index (χ0n) is 12.0. The zero-order chi connectivity index (χ0) is 15.2. The summed E-state index contributed by atoms with van der Waals surface area (Å²) in [7, 11) is -0.0916. The van der Waals surface area contributed by atoms with Crippen molar-refractivity contribution in [3.8, 4) is 0 Å². The lowest BCUT2D eigenvalue weighted by Gasteiger charge is -2.13. The van der Waals surface area contributed by atoms with Crippen LogP contribution in [-0.2, 0) is 10.0 Å². The van der Waals surface area contributed by atoms with Crippen LogP contribution in [0.3, 0.4) is 0 Å². The molecule has 0 spiro atoms. The number of unbranched alkanes of at least 4 members (excludes halogenated alkanes) is 1. The predicted octanol–water partition coefficient (Wildman–Crippen LogP) is 1.54. The lowest BCUT2D eigenvalue weighted by atomic mass is 10.3. The van der Waals surface area contributed by atoms with E-state index in [1.807, 2.05) is 30.6 Å². The van der Waals surface area contributed by atoms with Crippen molar-refractivity contribution < 1.29 is 13.2 Å². The molecule has 0 bridgehead atoms. The first kappa shape index (κ1) is 16.3. The maximum atomic E-state index is 12.0. The summed E-state index contributed by atoms with van der Waals surface area (Å²) in [6.07, 6.45) is 1.74. The van der Waals surface area contributed by atoms with Crippen LogP contribution in [0.15, 0.2) is 29.2 Å². The van der Waals surface area contributed by atoms with Crippen molar-refractivity contribution >= 4 is 21.7 Å². The van der Waals surface area contributed by atoms with E-state index in [2.05, 4.69) is 5.32 Å². The Balaban J connectivity index is 2.71. The zero-order valence-corrected chi connectivity index (χ0v) is 12.8. The summed E-state index contributed by atoms with van der Waals surface area (Å²) in [6, 6.07) is 5.61. The number of nitrogens with one attached hydrogen (secondary N) is 2. The summed E-state index contributed by atoms with van der Waals surface area (Å²) in [5.41, 5.74) is 0.886. The largest absolute Gasteiger partial charge is 0.378 e.